The van der Waals surface area contributed by atoms with E-state index in [1.165, 1.54) is 0 Å². The maximum Gasteiger partial charge on any atom is 0.319 e. The molecule has 0 aliphatic heterocycles. The smallest absolute Gasteiger partial charge is 0.319 e. The zero-order valence-electron chi connectivity index (χ0n) is 12.0. The number of amides is 2. The third-order valence-corrected chi connectivity index (χ3v) is 2.97. The topological polar surface area (TPSA) is 41.1 Å². The summed E-state index contributed by atoms with van der Waals surface area (Å²) in [4.78, 5) is 11.8. The first-order chi connectivity index (χ1) is 8.34. The number of benzene rings is 1. The molecule has 0 radical (unpaired) electrons. The van der Waals surface area contributed by atoms with Crippen molar-refractivity contribution < 1.29 is 4.79 Å². The van der Waals surface area contributed by atoms with E-state index in [2.05, 4.69) is 37.5 Å². The molecule has 0 saturated heterocycles. The van der Waals surface area contributed by atoms with Gasteiger partial charge in [0.05, 0.1) is 0 Å². The molecule has 0 unspecified atom stereocenters. The van der Waals surface area contributed by atoms with Crippen LogP contribution < -0.4 is 10.6 Å². The number of carbonyl (C=O) groups is 1. The molecule has 2 amide bonds. The van der Waals surface area contributed by atoms with Crippen molar-refractivity contribution in [2.75, 3.05) is 5.32 Å². The summed E-state index contributed by atoms with van der Waals surface area (Å²) in [5.41, 5.74) is 2.04. The van der Waals surface area contributed by atoms with Crippen LogP contribution in [0.25, 0.3) is 0 Å². The number of nitrogens with one attached hydrogen (secondary N) is 2. The third-order valence-electron chi connectivity index (χ3n) is 2.97. The summed E-state index contributed by atoms with van der Waals surface area (Å²) >= 11 is 0. The van der Waals surface area contributed by atoms with Crippen LogP contribution in [0.15, 0.2) is 24.3 Å². The molecule has 1 rings (SSSR count). The van der Waals surface area contributed by atoms with Crippen molar-refractivity contribution in [1.82, 2.24) is 5.32 Å². The Labute approximate surface area is 110 Å². The predicted molar refractivity (Wildman–Crippen MR) is 77.0 cm³/mol. The lowest BCUT2D eigenvalue weighted by atomic mass is 9.86. The Morgan fingerprint density at radius 2 is 1.89 bits per heavy atom. The Hall–Kier alpha value is -1.51. The Morgan fingerprint density at radius 1 is 1.28 bits per heavy atom. The Balaban J connectivity index is 2.82. The van der Waals surface area contributed by atoms with Crippen LogP contribution in [-0.4, -0.2) is 12.1 Å². The van der Waals surface area contributed by atoms with Gasteiger partial charge in [-0.1, -0.05) is 45.9 Å². The van der Waals surface area contributed by atoms with E-state index in [0.29, 0.717) is 0 Å². The first-order valence-electron chi connectivity index (χ1n) is 6.51. The van der Waals surface area contributed by atoms with Crippen LogP contribution >= 0.6 is 0 Å². The number of hydrogen-bond donors (Lipinski definition) is 2. The second-order valence-corrected chi connectivity index (χ2v) is 5.70. The molecule has 2 N–H and O–H groups in total. The number of para-hydroxylation sites is 1. The van der Waals surface area contributed by atoms with E-state index in [-0.39, 0.29) is 17.5 Å². The molecule has 1 aromatic rings. The number of urea groups is 1. The molecule has 0 saturated carbocycles. The number of hydrogen-bond acceptors (Lipinski definition) is 1. The van der Waals surface area contributed by atoms with Crippen LogP contribution in [0, 0.1) is 0 Å². The SMILES string of the molecule is CC[C@@H](C)NC(=O)Nc1ccccc1C(C)(C)C. The molecule has 1 aromatic carbocycles. The largest absolute Gasteiger partial charge is 0.335 e. The Morgan fingerprint density at radius 3 is 2.44 bits per heavy atom. The van der Waals surface area contributed by atoms with E-state index in [9.17, 15) is 4.79 Å². The summed E-state index contributed by atoms with van der Waals surface area (Å²) in [5.74, 6) is 0. The highest BCUT2D eigenvalue weighted by atomic mass is 16.2. The fourth-order valence-electron chi connectivity index (χ4n) is 1.73. The van der Waals surface area contributed by atoms with Crippen molar-refractivity contribution in [2.24, 2.45) is 0 Å². The van der Waals surface area contributed by atoms with E-state index in [0.717, 1.165) is 17.7 Å². The highest BCUT2D eigenvalue weighted by molar-refractivity contribution is 5.90. The van der Waals surface area contributed by atoms with Gasteiger partial charge in [-0.25, -0.2) is 4.79 Å². The molecular weight excluding hydrogens is 224 g/mol. The highest BCUT2D eigenvalue weighted by Gasteiger charge is 2.18. The fraction of sp³-hybridized carbons (Fsp3) is 0.533. The molecule has 0 aliphatic rings. The molecular formula is C15H24N2O. The summed E-state index contributed by atoms with van der Waals surface area (Å²) in [6.07, 6.45) is 0.925. The molecule has 3 heteroatoms. The maximum absolute atomic E-state index is 11.8. The fourth-order valence-corrected chi connectivity index (χ4v) is 1.73. The average Bonchev–Trinajstić information content (AvgIpc) is 2.27. The van der Waals surface area contributed by atoms with Gasteiger partial charge in [0.2, 0.25) is 0 Å². The standard InChI is InChI=1S/C15H24N2O/c1-6-11(2)16-14(18)17-13-10-8-7-9-12(13)15(3,4)5/h7-11H,6H2,1-5H3,(H2,16,17,18)/t11-/m1/s1. The maximum atomic E-state index is 11.8. The second kappa shape index (κ2) is 5.89. The molecule has 0 aliphatic carbocycles. The minimum Gasteiger partial charge on any atom is -0.335 e. The molecule has 0 bridgehead atoms. The summed E-state index contributed by atoms with van der Waals surface area (Å²) in [6, 6.07) is 7.98. The first-order valence-corrected chi connectivity index (χ1v) is 6.51. The van der Waals surface area contributed by atoms with Gasteiger partial charge in [0.25, 0.3) is 0 Å². The number of carbonyl (C=O) groups excluding carboxylic acids is 1. The van der Waals surface area contributed by atoms with E-state index >= 15 is 0 Å². The van der Waals surface area contributed by atoms with E-state index in [4.69, 9.17) is 0 Å². The molecule has 0 heterocycles. The summed E-state index contributed by atoms with van der Waals surface area (Å²) < 4.78 is 0. The number of anilines is 1. The van der Waals surface area contributed by atoms with E-state index < -0.39 is 0 Å². The monoisotopic (exact) mass is 248 g/mol. The second-order valence-electron chi connectivity index (χ2n) is 5.70. The van der Waals surface area contributed by atoms with Crippen molar-refractivity contribution in [3.63, 3.8) is 0 Å². The van der Waals surface area contributed by atoms with Gasteiger partial charge < -0.3 is 10.6 Å². The van der Waals surface area contributed by atoms with Crippen molar-refractivity contribution in [1.29, 1.82) is 0 Å². The number of rotatable bonds is 3. The molecule has 0 aromatic heterocycles. The lowest BCUT2D eigenvalue weighted by molar-refractivity contribution is 0.249. The van der Waals surface area contributed by atoms with E-state index in [1.54, 1.807) is 0 Å². The van der Waals surface area contributed by atoms with Gasteiger partial charge in [0, 0.05) is 11.7 Å². The summed E-state index contributed by atoms with van der Waals surface area (Å²) in [6.45, 7) is 10.5. The van der Waals surface area contributed by atoms with Crippen molar-refractivity contribution in [3.8, 4) is 0 Å². The van der Waals surface area contributed by atoms with Gasteiger partial charge >= 0.3 is 6.03 Å². The minimum absolute atomic E-state index is 0.0141. The van der Waals surface area contributed by atoms with Crippen LogP contribution in [0.4, 0.5) is 10.5 Å². The van der Waals surface area contributed by atoms with Crippen molar-refractivity contribution >= 4 is 11.7 Å². The lowest BCUT2D eigenvalue weighted by Crippen LogP contribution is -2.36. The van der Waals surface area contributed by atoms with Crippen LogP contribution in [0.2, 0.25) is 0 Å². The lowest BCUT2D eigenvalue weighted by Gasteiger charge is -2.23. The highest BCUT2D eigenvalue weighted by Crippen LogP contribution is 2.29. The Kier molecular flexibility index (Phi) is 4.76. The molecule has 18 heavy (non-hydrogen) atoms. The minimum atomic E-state index is -0.138. The molecule has 1 atom stereocenters. The Bertz CT molecular complexity index is 407. The van der Waals surface area contributed by atoms with Crippen LogP contribution in [0.1, 0.15) is 46.6 Å². The average molecular weight is 248 g/mol. The van der Waals surface area contributed by atoms with Crippen LogP contribution in [0.5, 0.6) is 0 Å². The van der Waals surface area contributed by atoms with Crippen LogP contribution in [-0.2, 0) is 5.41 Å². The predicted octanol–water partition coefficient (Wildman–Crippen LogP) is 3.90. The first kappa shape index (κ1) is 14.6. The zero-order chi connectivity index (χ0) is 13.8. The van der Waals surface area contributed by atoms with Gasteiger partial charge in [0.1, 0.15) is 0 Å². The van der Waals surface area contributed by atoms with Gasteiger partial charge in [0.15, 0.2) is 0 Å². The molecule has 100 valence electrons. The quantitative estimate of drug-likeness (QED) is 0.836. The molecule has 0 fully saturated rings. The van der Waals surface area contributed by atoms with E-state index in [1.807, 2.05) is 32.0 Å². The van der Waals surface area contributed by atoms with Gasteiger partial charge in [-0.15, -0.1) is 0 Å². The molecule has 0 spiro atoms. The summed E-state index contributed by atoms with van der Waals surface area (Å²) in [7, 11) is 0. The zero-order valence-corrected chi connectivity index (χ0v) is 12.0. The van der Waals surface area contributed by atoms with Gasteiger partial charge in [-0.2, -0.15) is 0 Å². The van der Waals surface area contributed by atoms with Crippen LogP contribution in [0.3, 0.4) is 0 Å². The summed E-state index contributed by atoms with van der Waals surface area (Å²) in [5, 5.41) is 5.84. The van der Waals surface area contributed by atoms with Gasteiger partial charge in [-0.05, 0) is 30.4 Å². The van der Waals surface area contributed by atoms with Gasteiger partial charge in [-0.3, -0.25) is 0 Å². The van der Waals surface area contributed by atoms with Crippen molar-refractivity contribution in [2.45, 2.75) is 52.5 Å². The normalized spacial score (nSPS) is 12.9. The third kappa shape index (κ3) is 4.06. The molecule has 3 nitrogen and oxygen atoms in total. The van der Waals surface area contributed by atoms with Crippen molar-refractivity contribution in [3.05, 3.63) is 29.8 Å².